The Balaban J connectivity index is 1.86. The molecule has 2 rings (SSSR count). The zero-order valence-corrected chi connectivity index (χ0v) is 14.9. The molecule has 134 valence electrons. The van der Waals surface area contributed by atoms with E-state index in [1.165, 1.54) is 4.90 Å². The summed E-state index contributed by atoms with van der Waals surface area (Å²) in [4.78, 5) is 25.3. The van der Waals surface area contributed by atoms with Gasteiger partial charge in [-0.3, -0.25) is 9.69 Å². The van der Waals surface area contributed by atoms with Gasteiger partial charge in [0.25, 0.3) is 5.91 Å². The van der Waals surface area contributed by atoms with Crippen molar-refractivity contribution in [2.24, 2.45) is 0 Å². The van der Waals surface area contributed by atoms with Crippen molar-refractivity contribution in [2.75, 3.05) is 24.7 Å². The normalized spacial score (nSPS) is 9.88. The molecule has 1 amide bonds. The van der Waals surface area contributed by atoms with Gasteiger partial charge in [0.1, 0.15) is 12.3 Å². The number of para-hydroxylation sites is 1. The van der Waals surface area contributed by atoms with E-state index < -0.39 is 18.5 Å². The van der Waals surface area contributed by atoms with E-state index in [-0.39, 0.29) is 13.2 Å². The number of hydrogen-bond acceptors (Lipinski definition) is 5. The second-order valence-electron chi connectivity index (χ2n) is 5.33. The monoisotopic (exact) mass is 372 g/mol. The molecule has 0 unspecified atom stereocenters. The van der Waals surface area contributed by atoms with Crippen LogP contribution >= 0.6 is 11.6 Å². The van der Waals surface area contributed by atoms with Gasteiger partial charge in [0, 0.05) is 10.7 Å². The van der Waals surface area contributed by atoms with Crippen molar-refractivity contribution in [3.63, 3.8) is 0 Å². The van der Waals surface area contributed by atoms with Crippen LogP contribution in [-0.4, -0.2) is 31.6 Å². The second kappa shape index (κ2) is 9.44. The van der Waals surface area contributed by atoms with Crippen LogP contribution < -0.4 is 9.64 Å². The molecule has 0 aliphatic heterocycles. The molecular formula is C19H17ClN2O4. The number of ether oxygens (including phenoxy) is 2. The summed E-state index contributed by atoms with van der Waals surface area (Å²) in [5.41, 5.74) is 1.38. The Morgan fingerprint density at radius 2 is 1.88 bits per heavy atom. The molecular weight excluding hydrogens is 356 g/mol. The Morgan fingerprint density at radius 3 is 2.54 bits per heavy atom. The quantitative estimate of drug-likeness (QED) is 0.551. The summed E-state index contributed by atoms with van der Waals surface area (Å²) in [6, 6.07) is 15.6. The summed E-state index contributed by atoms with van der Waals surface area (Å²) in [5.74, 6) is -0.699. The highest BCUT2D eigenvalue weighted by Gasteiger charge is 2.17. The Kier molecular flexibility index (Phi) is 7.01. The minimum atomic E-state index is -0.684. The van der Waals surface area contributed by atoms with Gasteiger partial charge in [-0.15, -0.1) is 0 Å². The minimum absolute atomic E-state index is 0.138. The lowest BCUT2D eigenvalue weighted by atomic mass is 10.2. The van der Waals surface area contributed by atoms with Crippen LogP contribution in [0.4, 0.5) is 5.69 Å². The van der Waals surface area contributed by atoms with Crippen LogP contribution in [0.25, 0.3) is 0 Å². The molecule has 0 saturated carbocycles. The van der Waals surface area contributed by atoms with Crippen LogP contribution in [0.1, 0.15) is 5.56 Å². The lowest BCUT2D eigenvalue weighted by Gasteiger charge is -2.19. The Hall–Kier alpha value is -3.04. The summed E-state index contributed by atoms with van der Waals surface area (Å²) in [5, 5.41) is 9.50. The first-order valence-corrected chi connectivity index (χ1v) is 8.16. The van der Waals surface area contributed by atoms with Crippen LogP contribution in [0, 0.1) is 18.3 Å². The van der Waals surface area contributed by atoms with Crippen LogP contribution in [0.5, 0.6) is 5.75 Å². The number of rotatable bonds is 7. The molecule has 0 bridgehead atoms. The fourth-order valence-electron chi connectivity index (χ4n) is 2.11. The topological polar surface area (TPSA) is 79.6 Å². The number of benzene rings is 2. The van der Waals surface area contributed by atoms with E-state index in [9.17, 15) is 9.59 Å². The number of esters is 1. The standard InChI is InChI=1S/C19H17ClN2O4/c1-14-11-16(7-8-17(14)20)25-13-19(24)26-12-18(23)22(10-9-21)15-5-3-2-4-6-15/h2-8,11H,10,12-13H2,1H3. The zero-order valence-electron chi connectivity index (χ0n) is 14.1. The van der Waals surface area contributed by atoms with Crippen molar-refractivity contribution < 1.29 is 19.1 Å². The van der Waals surface area contributed by atoms with Gasteiger partial charge >= 0.3 is 5.97 Å². The van der Waals surface area contributed by atoms with Gasteiger partial charge in [0.2, 0.25) is 0 Å². The summed E-state index contributed by atoms with van der Waals surface area (Å²) < 4.78 is 10.3. The number of amides is 1. The zero-order chi connectivity index (χ0) is 18.9. The highest BCUT2D eigenvalue weighted by molar-refractivity contribution is 6.31. The molecule has 2 aromatic carbocycles. The number of aryl methyl sites for hydroxylation is 1. The molecule has 0 atom stereocenters. The minimum Gasteiger partial charge on any atom is -0.482 e. The lowest BCUT2D eigenvalue weighted by molar-refractivity contribution is -0.149. The number of nitriles is 1. The summed E-state index contributed by atoms with van der Waals surface area (Å²) in [6.07, 6.45) is 0. The number of carbonyl (C=O) groups excluding carboxylic acids is 2. The van der Waals surface area contributed by atoms with E-state index in [4.69, 9.17) is 26.3 Å². The molecule has 0 radical (unpaired) electrons. The highest BCUT2D eigenvalue weighted by atomic mass is 35.5. The lowest BCUT2D eigenvalue weighted by Crippen LogP contribution is -2.35. The van der Waals surface area contributed by atoms with E-state index in [1.807, 2.05) is 13.0 Å². The van der Waals surface area contributed by atoms with Gasteiger partial charge in [0.05, 0.1) is 6.07 Å². The molecule has 26 heavy (non-hydrogen) atoms. The van der Waals surface area contributed by atoms with Crippen molar-refractivity contribution >= 4 is 29.2 Å². The number of anilines is 1. The Morgan fingerprint density at radius 1 is 1.15 bits per heavy atom. The number of carbonyl (C=O) groups is 2. The summed E-state index contributed by atoms with van der Waals surface area (Å²) in [7, 11) is 0. The molecule has 0 N–H and O–H groups in total. The molecule has 0 fully saturated rings. The first-order valence-electron chi connectivity index (χ1n) is 7.78. The molecule has 0 saturated heterocycles. The predicted octanol–water partition coefficient (Wildman–Crippen LogP) is 3.13. The van der Waals surface area contributed by atoms with Crippen LogP contribution in [0.3, 0.4) is 0 Å². The van der Waals surface area contributed by atoms with Crippen LogP contribution in [-0.2, 0) is 14.3 Å². The van der Waals surface area contributed by atoms with Gasteiger partial charge < -0.3 is 9.47 Å². The fraction of sp³-hybridized carbons (Fsp3) is 0.211. The number of halogens is 1. The maximum atomic E-state index is 12.2. The van der Waals surface area contributed by atoms with E-state index in [2.05, 4.69) is 0 Å². The molecule has 2 aromatic rings. The molecule has 7 heteroatoms. The van der Waals surface area contributed by atoms with Crippen molar-refractivity contribution in [2.45, 2.75) is 6.92 Å². The first kappa shape index (κ1) is 19.3. The average Bonchev–Trinajstić information content (AvgIpc) is 2.65. The largest absolute Gasteiger partial charge is 0.482 e. The molecule has 0 aromatic heterocycles. The third kappa shape index (κ3) is 5.50. The van der Waals surface area contributed by atoms with Crippen molar-refractivity contribution in [1.82, 2.24) is 0 Å². The van der Waals surface area contributed by atoms with Gasteiger partial charge in [-0.2, -0.15) is 5.26 Å². The van der Waals surface area contributed by atoms with Crippen molar-refractivity contribution in [1.29, 1.82) is 5.26 Å². The van der Waals surface area contributed by atoms with Crippen molar-refractivity contribution in [3.8, 4) is 11.8 Å². The van der Waals surface area contributed by atoms with Gasteiger partial charge in [-0.25, -0.2) is 4.79 Å². The Labute approximate surface area is 156 Å². The number of nitrogens with zero attached hydrogens (tertiary/aromatic N) is 2. The predicted molar refractivity (Wildman–Crippen MR) is 97.1 cm³/mol. The van der Waals surface area contributed by atoms with E-state index in [0.717, 1.165) is 5.56 Å². The average molecular weight is 373 g/mol. The van der Waals surface area contributed by atoms with Crippen molar-refractivity contribution in [3.05, 3.63) is 59.1 Å². The highest BCUT2D eigenvalue weighted by Crippen LogP contribution is 2.21. The molecule has 0 heterocycles. The van der Waals surface area contributed by atoms with E-state index >= 15 is 0 Å². The SMILES string of the molecule is Cc1cc(OCC(=O)OCC(=O)N(CC#N)c2ccccc2)ccc1Cl. The maximum absolute atomic E-state index is 12.2. The maximum Gasteiger partial charge on any atom is 0.344 e. The fourth-order valence-corrected chi connectivity index (χ4v) is 2.23. The van der Waals surface area contributed by atoms with Gasteiger partial charge in [-0.1, -0.05) is 29.8 Å². The first-order chi connectivity index (χ1) is 12.5. The molecule has 0 aliphatic rings. The summed E-state index contributed by atoms with van der Waals surface area (Å²) in [6.45, 7) is 0.872. The third-order valence-corrected chi connectivity index (χ3v) is 3.86. The van der Waals surface area contributed by atoms with Gasteiger partial charge in [0.15, 0.2) is 13.2 Å². The molecule has 0 aliphatic carbocycles. The van der Waals surface area contributed by atoms with Crippen LogP contribution in [0.15, 0.2) is 48.5 Å². The smallest absolute Gasteiger partial charge is 0.344 e. The van der Waals surface area contributed by atoms with E-state index in [0.29, 0.717) is 16.5 Å². The third-order valence-electron chi connectivity index (χ3n) is 3.44. The molecule has 6 nitrogen and oxygen atoms in total. The number of hydrogen-bond donors (Lipinski definition) is 0. The summed E-state index contributed by atoms with van der Waals surface area (Å²) >= 11 is 5.92. The van der Waals surface area contributed by atoms with Gasteiger partial charge in [-0.05, 0) is 42.8 Å². The molecule has 0 spiro atoms. The second-order valence-corrected chi connectivity index (χ2v) is 5.74. The van der Waals surface area contributed by atoms with Crippen LogP contribution in [0.2, 0.25) is 5.02 Å². The van der Waals surface area contributed by atoms with E-state index in [1.54, 1.807) is 48.5 Å². The Bertz CT molecular complexity index is 818.